The molecule has 0 aliphatic heterocycles. The summed E-state index contributed by atoms with van der Waals surface area (Å²) < 4.78 is 11.0. The van der Waals surface area contributed by atoms with Gasteiger partial charge in [0.1, 0.15) is 22.4 Å². The minimum absolute atomic E-state index is 0.0174. The van der Waals surface area contributed by atoms with Crippen LogP contribution in [-0.4, -0.2) is 43.6 Å². The molecule has 0 unspecified atom stereocenters. The van der Waals surface area contributed by atoms with E-state index in [1.165, 1.54) is 6.92 Å². The highest BCUT2D eigenvalue weighted by molar-refractivity contribution is 9.10. The Balaban J connectivity index is 2.25. The highest BCUT2D eigenvalue weighted by Gasteiger charge is 2.25. The molecule has 0 aliphatic carbocycles. The predicted molar refractivity (Wildman–Crippen MR) is 88.3 cm³/mol. The number of aryl methyl sites for hydroxylation is 1. The van der Waals surface area contributed by atoms with Crippen molar-refractivity contribution in [2.24, 2.45) is 0 Å². The zero-order chi connectivity index (χ0) is 18.2. The van der Waals surface area contributed by atoms with Crippen LogP contribution in [0.25, 0.3) is 0 Å². The van der Waals surface area contributed by atoms with Crippen LogP contribution in [0.3, 0.4) is 0 Å². The van der Waals surface area contributed by atoms with Crippen LogP contribution in [0.15, 0.2) is 6.20 Å². The zero-order valence-electron chi connectivity index (χ0n) is 14.1. The molecule has 0 aliphatic rings. The van der Waals surface area contributed by atoms with Gasteiger partial charge in [-0.1, -0.05) is 21.1 Å². The summed E-state index contributed by atoms with van der Waals surface area (Å²) >= 11 is 3.23. The van der Waals surface area contributed by atoms with Gasteiger partial charge in [-0.3, -0.25) is 14.3 Å². The summed E-state index contributed by atoms with van der Waals surface area (Å²) in [5, 5.41) is 7.80. The number of nitrogens with zero attached hydrogens (tertiary/aromatic N) is 3. The smallest absolute Gasteiger partial charge is 0.322 e. The third-order valence-electron chi connectivity index (χ3n) is 2.90. The predicted octanol–water partition coefficient (Wildman–Crippen LogP) is 1.80. The number of ether oxygens (including phenoxy) is 2. The van der Waals surface area contributed by atoms with Crippen LogP contribution < -0.4 is 0 Å². The summed E-state index contributed by atoms with van der Waals surface area (Å²) in [6.07, 6.45) is 2.50. The molecule has 134 valence electrons. The van der Waals surface area contributed by atoms with Crippen LogP contribution in [0.5, 0.6) is 0 Å². The maximum absolute atomic E-state index is 11.6. The SMILES string of the molecule is CC(=O)CCC(=O)OCc1cn(CCCOC(=O)C(C)(C)Br)nn1. The van der Waals surface area contributed by atoms with E-state index in [1.807, 2.05) is 0 Å². The fraction of sp³-hybridized carbons (Fsp3) is 0.667. The molecular weight excluding hydrogens is 382 g/mol. The van der Waals surface area contributed by atoms with Gasteiger partial charge >= 0.3 is 11.9 Å². The third kappa shape index (κ3) is 8.19. The Bertz CT molecular complexity index is 580. The van der Waals surface area contributed by atoms with E-state index in [1.54, 1.807) is 24.7 Å². The van der Waals surface area contributed by atoms with Crippen molar-refractivity contribution in [2.45, 2.75) is 57.5 Å². The van der Waals surface area contributed by atoms with E-state index >= 15 is 0 Å². The average Bonchev–Trinajstić information content (AvgIpc) is 2.94. The Morgan fingerprint density at radius 1 is 1.25 bits per heavy atom. The molecule has 0 atom stereocenters. The topological polar surface area (TPSA) is 100 Å². The molecule has 1 heterocycles. The molecule has 1 aromatic heterocycles. The monoisotopic (exact) mass is 403 g/mol. The Labute approximate surface area is 149 Å². The number of rotatable bonds is 10. The Morgan fingerprint density at radius 2 is 1.96 bits per heavy atom. The van der Waals surface area contributed by atoms with Gasteiger partial charge in [0.05, 0.1) is 19.2 Å². The van der Waals surface area contributed by atoms with Gasteiger partial charge in [0.2, 0.25) is 0 Å². The van der Waals surface area contributed by atoms with Gasteiger partial charge in [-0.2, -0.15) is 0 Å². The molecule has 1 rings (SSSR count). The van der Waals surface area contributed by atoms with Gasteiger partial charge in [-0.15, -0.1) is 5.10 Å². The van der Waals surface area contributed by atoms with Crippen molar-refractivity contribution in [1.29, 1.82) is 0 Å². The summed E-state index contributed by atoms with van der Waals surface area (Å²) in [6.45, 7) is 5.69. The molecule has 0 spiro atoms. The fourth-order valence-corrected chi connectivity index (χ4v) is 1.70. The Hall–Kier alpha value is -1.77. The van der Waals surface area contributed by atoms with Gasteiger partial charge in [0.25, 0.3) is 0 Å². The zero-order valence-corrected chi connectivity index (χ0v) is 15.7. The fourth-order valence-electron chi connectivity index (χ4n) is 1.58. The number of hydrogen-bond acceptors (Lipinski definition) is 7. The molecule has 9 heteroatoms. The number of aromatic nitrogens is 3. The summed E-state index contributed by atoms with van der Waals surface area (Å²) in [5.41, 5.74) is 0.518. The summed E-state index contributed by atoms with van der Waals surface area (Å²) in [5.74, 6) is -0.815. The third-order valence-corrected chi connectivity index (χ3v) is 3.22. The molecule has 0 fully saturated rings. The minimum atomic E-state index is -0.695. The van der Waals surface area contributed by atoms with Crippen LogP contribution in [0.2, 0.25) is 0 Å². The molecule has 1 aromatic rings. The quantitative estimate of drug-likeness (QED) is 0.333. The van der Waals surface area contributed by atoms with Gasteiger partial charge in [0, 0.05) is 19.4 Å². The first-order valence-corrected chi connectivity index (χ1v) is 8.38. The molecular formula is C15H22BrN3O5. The van der Waals surface area contributed by atoms with Crippen molar-refractivity contribution in [1.82, 2.24) is 15.0 Å². The summed E-state index contributed by atoms with van der Waals surface area (Å²) in [6, 6.07) is 0. The maximum Gasteiger partial charge on any atom is 0.322 e. The number of esters is 2. The van der Waals surface area contributed by atoms with Crippen molar-refractivity contribution in [3.63, 3.8) is 0 Å². The summed E-state index contributed by atoms with van der Waals surface area (Å²) in [4.78, 5) is 33.7. The van der Waals surface area contributed by atoms with Gasteiger partial charge in [0.15, 0.2) is 0 Å². The molecule has 0 saturated heterocycles. The van der Waals surface area contributed by atoms with Crippen LogP contribution in [-0.2, 0) is 37.0 Å². The highest BCUT2D eigenvalue weighted by Crippen LogP contribution is 2.17. The Morgan fingerprint density at radius 3 is 2.58 bits per heavy atom. The van der Waals surface area contributed by atoms with Crippen molar-refractivity contribution in [3.05, 3.63) is 11.9 Å². The van der Waals surface area contributed by atoms with Crippen molar-refractivity contribution < 1.29 is 23.9 Å². The average molecular weight is 404 g/mol. The van der Waals surface area contributed by atoms with Crippen LogP contribution in [0, 0.1) is 0 Å². The molecule has 0 aromatic carbocycles. The largest absolute Gasteiger partial charge is 0.465 e. The number of carbonyl (C=O) groups excluding carboxylic acids is 3. The molecule has 0 N–H and O–H groups in total. The maximum atomic E-state index is 11.6. The van der Waals surface area contributed by atoms with Gasteiger partial charge in [-0.05, 0) is 20.8 Å². The standard InChI is InChI=1S/C15H22BrN3O5/c1-11(20)5-6-13(21)24-10-12-9-19(18-17-12)7-4-8-23-14(22)15(2,3)16/h9H,4-8,10H2,1-3H3. The molecule has 8 nitrogen and oxygen atoms in total. The normalized spacial score (nSPS) is 11.2. The lowest BCUT2D eigenvalue weighted by molar-refractivity contribution is -0.146. The van der Waals surface area contributed by atoms with Crippen LogP contribution in [0.1, 0.15) is 45.7 Å². The minimum Gasteiger partial charge on any atom is -0.465 e. The Kier molecular flexibility index (Phi) is 8.03. The van der Waals surface area contributed by atoms with E-state index in [9.17, 15) is 14.4 Å². The van der Waals surface area contributed by atoms with E-state index in [0.29, 0.717) is 18.7 Å². The molecule has 24 heavy (non-hydrogen) atoms. The first-order chi connectivity index (χ1) is 11.2. The number of halogens is 1. The molecule has 0 bridgehead atoms. The second-order valence-electron chi connectivity index (χ2n) is 5.80. The van der Waals surface area contributed by atoms with Crippen molar-refractivity contribution >= 4 is 33.7 Å². The van der Waals surface area contributed by atoms with E-state index in [4.69, 9.17) is 9.47 Å². The first-order valence-electron chi connectivity index (χ1n) is 7.58. The summed E-state index contributed by atoms with van der Waals surface area (Å²) in [7, 11) is 0. The van der Waals surface area contributed by atoms with Gasteiger partial charge < -0.3 is 14.3 Å². The number of Topliss-reactive ketones (excluding diaryl/α,β-unsaturated/α-hetero) is 1. The molecule has 0 amide bonds. The number of ketones is 1. The number of alkyl halides is 1. The second-order valence-corrected chi connectivity index (χ2v) is 7.78. The molecule has 0 saturated carbocycles. The van der Waals surface area contributed by atoms with Gasteiger partial charge in [-0.25, -0.2) is 0 Å². The van der Waals surface area contributed by atoms with Crippen molar-refractivity contribution in [3.8, 4) is 0 Å². The second kappa shape index (κ2) is 9.51. The van der Waals surface area contributed by atoms with E-state index in [-0.39, 0.29) is 37.8 Å². The number of hydrogen-bond donors (Lipinski definition) is 0. The van der Waals surface area contributed by atoms with E-state index < -0.39 is 10.3 Å². The van der Waals surface area contributed by atoms with Crippen LogP contribution >= 0.6 is 15.9 Å². The van der Waals surface area contributed by atoms with Crippen molar-refractivity contribution in [2.75, 3.05) is 6.61 Å². The first kappa shape index (κ1) is 20.3. The highest BCUT2D eigenvalue weighted by atomic mass is 79.9. The number of carbonyl (C=O) groups is 3. The van der Waals surface area contributed by atoms with E-state index in [2.05, 4.69) is 26.2 Å². The lowest BCUT2D eigenvalue weighted by atomic mass is 10.2. The van der Waals surface area contributed by atoms with E-state index in [0.717, 1.165) is 0 Å². The lowest BCUT2D eigenvalue weighted by Gasteiger charge is -2.14. The van der Waals surface area contributed by atoms with Crippen LogP contribution in [0.4, 0.5) is 0 Å². The molecule has 0 radical (unpaired) electrons. The lowest BCUT2D eigenvalue weighted by Crippen LogP contribution is -2.27.